The summed E-state index contributed by atoms with van der Waals surface area (Å²) in [5, 5.41) is 20.4. The number of nitrogens with one attached hydrogen (secondary N) is 1. The molecule has 1 amide bonds. The molecule has 0 saturated carbocycles. The summed E-state index contributed by atoms with van der Waals surface area (Å²) >= 11 is 5.93. The third-order valence-corrected chi connectivity index (χ3v) is 4.66. The Hall–Kier alpha value is -3.46. The minimum absolute atomic E-state index is 0.0260. The Bertz CT molecular complexity index is 1210. The number of fused-ring (bicyclic) bond motifs is 1. The van der Waals surface area contributed by atoms with E-state index in [1.165, 1.54) is 19.1 Å². The molecular formula is C20H15ClF5N5O2. The first-order valence-corrected chi connectivity index (χ1v) is 9.65. The monoisotopic (exact) mass is 487 g/mol. The maximum atomic E-state index is 14.0. The number of aromatic nitrogens is 3. The van der Waals surface area contributed by atoms with Crippen molar-refractivity contribution in [3.8, 4) is 11.8 Å². The van der Waals surface area contributed by atoms with E-state index in [0.29, 0.717) is 0 Å². The molecular weight excluding hydrogens is 473 g/mol. The number of nitrogens with zero attached hydrogens (tertiary/aromatic N) is 4. The first-order chi connectivity index (χ1) is 15.4. The van der Waals surface area contributed by atoms with Gasteiger partial charge in [-0.1, -0.05) is 11.6 Å². The lowest BCUT2D eigenvalue weighted by atomic mass is 10.0. The van der Waals surface area contributed by atoms with Crippen molar-refractivity contribution in [1.29, 1.82) is 5.26 Å². The molecule has 174 valence electrons. The van der Waals surface area contributed by atoms with Crippen LogP contribution in [0.15, 0.2) is 36.4 Å². The van der Waals surface area contributed by atoms with Crippen LogP contribution in [0.1, 0.15) is 29.0 Å². The topological polar surface area (TPSA) is 92.8 Å². The fourth-order valence-corrected chi connectivity index (χ4v) is 3.18. The number of halogens is 6. The molecule has 2 unspecified atom stereocenters. The van der Waals surface area contributed by atoms with Gasteiger partial charge in [-0.05, 0) is 43.3 Å². The van der Waals surface area contributed by atoms with Crippen LogP contribution >= 0.6 is 11.6 Å². The Morgan fingerprint density at radius 3 is 2.52 bits per heavy atom. The molecule has 1 aromatic heterocycles. The van der Waals surface area contributed by atoms with E-state index in [0.717, 1.165) is 29.1 Å². The largest absolute Gasteiger partial charge is 0.573 e. The maximum absolute atomic E-state index is 14.0. The highest BCUT2D eigenvalue weighted by Crippen LogP contribution is 2.29. The highest BCUT2D eigenvalue weighted by atomic mass is 35.5. The normalized spacial score (nSPS) is 14.4. The van der Waals surface area contributed by atoms with Gasteiger partial charge in [0.1, 0.15) is 29.0 Å². The molecule has 2 aromatic carbocycles. The van der Waals surface area contributed by atoms with Crippen molar-refractivity contribution in [3.05, 3.63) is 52.5 Å². The van der Waals surface area contributed by atoms with E-state index in [4.69, 9.17) is 11.6 Å². The summed E-state index contributed by atoms with van der Waals surface area (Å²) in [5.41, 5.74) is -1.47. The smallest absolute Gasteiger partial charge is 0.406 e. The molecule has 7 nitrogen and oxygen atoms in total. The fraction of sp³-hybridized carbons (Fsp3) is 0.300. The first kappa shape index (κ1) is 24.2. The Morgan fingerprint density at radius 2 is 1.94 bits per heavy atom. The summed E-state index contributed by atoms with van der Waals surface area (Å²) in [6.07, 6.45) is -6.84. The first-order valence-electron chi connectivity index (χ1n) is 9.27. The number of amides is 1. The van der Waals surface area contributed by atoms with Crippen molar-refractivity contribution in [3.63, 3.8) is 0 Å². The average molecular weight is 488 g/mol. The summed E-state index contributed by atoms with van der Waals surface area (Å²) in [6.45, 7) is -0.197. The van der Waals surface area contributed by atoms with Crippen molar-refractivity contribution in [2.24, 2.45) is 0 Å². The van der Waals surface area contributed by atoms with Gasteiger partial charge in [0.2, 0.25) is 0 Å². The van der Waals surface area contributed by atoms with Gasteiger partial charge in [0.15, 0.2) is 6.17 Å². The van der Waals surface area contributed by atoms with Crippen molar-refractivity contribution in [2.75, 3.05) is 6.67 Å². The van der Waals surface area contributed by atoms with E-state index >= 15 is 0 Å². The van der Waals surface area contributed by atoms with Gasteiger partial charge in [-0.3, -0.25) is 4.79 Å². The van der Waals surface area contributed by atoms with Crippen LogP contribution in [0.4, 0.5) is 22.0 Å². The van der Waals surface area contributed by atoms with Crippen LogP contribution < -0.4 is 10.1 Å². The van der Waals surface area contributed by atoms with Gasteiger partial charge in [0.05, 0.1) is 12.6 Å². The third kappa shape index (κ3) is 5.87. The SMILES string of the molecule is CC(C#N)(Cn1nc2cc(Cl)cc(C(F)CF)c2n1)NC(=O)c1ccc(OC(F)(F)F)cc1. The second-order valence-corrected chi connectivity index (χ2v) is 7.62. The summed E-state index contributed by atoms with van der Waals surface area (Å²) in [6, 6.07) is 8.63. The number of ether oxygens (including phenoxy) is 1. The van der Waals surface area contributed by atoms with Crippen molar-refractivity contribution < 1.29 is 31.5 Å². The summed E-state index contributed by atoms with van der Waals surface area (Å²) in [5.74, 6) is -1.26. The molecule has 0 aliphatic carbocycles. The zero-order valence-corrected chi connectivity index (χ0v) is 17.6. The molecule has 3 rings (SSSR count). The van der Waals surface area contributed by atoms with Gasteiger partial charge < -0.3 is 10.1 Å². The van der Waals surface area contributed by atoms with Crippen molar-refractivity contribution >= 4 is 28.5 Å². The van der Waals surface area contributed by atoms with E-state index in [1.807, 2.05) is 6.07 Å². The lowest BCUT2D eigenvalue weighted by Crippen LogP contribution is -2.48. The maximum Gasteiger partial charge on any atom is 0.573 e. The van der Waals surface area contributed by atoms with E-state index in [-0.39, 0.29) is 33.7 Å². The van der Waals surface area contributed by atoms with Crippen LogP contribution in [0.2, 0.25) is 5.02 Å². The molecule has 1 N–H and O–H groups in total. The van der Waals surface area contributed by atoms with E-state index in [1.54, 1.807) is 0 Å². The Labute approximate surface area is 188 Å². The lowest BCUT2D eigenvalue weighted by Gasteiger charge is -2.22. The van der Waals surface area contributed by atoms with E-state index < -0.39 is 36.4 Å². The zero-order valence-electron chi connectivity index (χ0n) is 16.8. The second kappa shape index (κ2) is 9.19. The lowest BCUT2D eigenvalue weighted by molar-refractivity contribution is -0.274. The van der Waals surface area contributed by atoms with Gasteiger partial charge in [0, 0.05) is 16.1 Å². The highest BCUT2D eigenvalue weighted by Gasteiger charge is 2.32. The van der Waals surface area contributed by atoms with Gasteiger partial charge in [0.25, 0.3) is 5.91 Å². The molecule has 13 heteroatoms. The predicted octanol–water partition coefficient (Wildman–Crippen LogP) is 4.68. The molecule has 0 radical (unpaired) electrons. The van der Waals surface area contributed by atoms with E-state index in [2.05, 4.69) is 20.3 Å². The minimum atomic E-state index is -4.88. The zero-order chi connectivity index (χ0) is 24.4. The van der Waals surface area contributed by atoms with Crippen LogP contribution in [-0.2, 0) is 6.54 Å². The van der Waals surface area contributed by atoms with Gasteiger partial charge >= 0.3 is 6.36 Å². The third-order valence-electron chi connectivity index (χ3n) is 4.44. The summed E-state index contributed by atoms with van der Waals surface area (Å²) in [4.78, 5) is 13.6. The standard InChI is InChI=1S/C20H15ClF5N5O2/c1-19(9-27,28-18(32)11-2-4-13(5-3-11)33-20(24,25)26)10-31-29-16-7-12(21)6-14(15(23)8-22)17(16)30-31/h2-7,15H,8,10H2,1H3,(H,28,32). The van der Waals surface area contributed by atoms with Crippen LogP contribution in [-0.4, -0.2) is 39.5 Å². The number of carbonyl (C=O) groups excluding carboxylic acids is 1. The number of benzene rings is 2. The number of hydrogen-bond donors (Lipinski definition) is 1. The quantitative estimate of drug-likeness (QED) is 0.489. The molecule has 3 aromatic rings. The van der Waals surface area contributed by atoms with Gasteiger partial charge in [-0.25, -0.2) is 8.78 Å². The number of rotatable bonds is 7. The van der Waals surface area contributed by atoms with Crippen LogP contribution in [0.5, 0.6) is 5.75 Å². The fourth-order valence-electron chi connectivity index (χ4n) is 2.96. The Balaban J connectivity index is 1.80. The molecule has 1 heterocycles. The van der Waals surface area contributed by atoms with E-state index in [9.17, 15) is 32.0 Å². The molecule has 0 aliphatic heterocycles. The molecule has 0 saturated heterocycles. The molecule has 0 bridgehead atoms. The number of hydrogen-bond acceptors (Lipinski definition) is 5. The summed E-state index contributed by atoms with van der Waals surface area (Å²) < 4.78 is 67.4. The minimum Gasteiger partial charge on any atom is -0.406 e. The highest BCUT2D eigenvalue weighted by molar-refractivity contribution is 6.31. The van der Waals surface area contributed by atoms with Gasteiger partial charge in [-0.2, -0.15) is 20.3 Å². The number of carbonyl (C=O) groups is 1. The van der Waals surface area contributed by atoms with Crippen LogP contribution in [0.3, 0.4) is 0 Å². The predicted molar refractivity (Wildman–Crippen MR) is 107 cm³/mol. The Kier molecular flexibility index (Phi) is 6.73. The molecule has 0 fully saturated rings. The molecule has 33 heavy (non-hydrogen) atoms. The van der Waals surface area contributed by atoms with Crippen LogP contribution in [0, 0.1) is 11.3 Å². The van der Waals surface area contributed by atoms with Crippen LogP contribution in [0.25, 0.3) is 11.0 Å². The molecule has 2 atom stereocenters. The van der Waals surface area contributed by atoms with Crippen molar-refractivity contribution in [2.45, 2.75) is 31.5 Å². The second-order valence-electron chi connectivity index (χ2n) is 7.19. The van der Waals surface area contributed by atoms with Crippen molar-refractivity contribution in [1.82, 2.24) is 20.3 Å². The molecule has 0 aliphatic rings. The molecule has 0 spiro atoms. The Morgan fingerprint density at radius 1 is 1.27 bits per heavy atom. The summed E-state index contributed by atoms with van der Waals surface area (Å²) in [7, 11) is 0. The average Bonchev–Trinajstić information content (AvgIpc) is 3.13. The number of nitriles is 1. The van der Waals surface area contributed by atoms with Gasteiger partial charge in [-0.15, -0.1) is 13.2 Å². The number of alkyl halides is 5.